The third-order valence-electron chi connectivity index (χ3n) is 4.54. The smallest absolute Gasteiger partial charge is 0.271 e. The third kappa shape index (κ3) is 4.61. The van der Waals surface area contributed by atoms with Crippen molar-refractivity contribution < 1.29 is 13.2 Å². The summed E-state index contributed by atoms with van der Waals surface area (Å²) >= 11 is 1.15. The van der Waals surface area contributed by atoms with E-state index in [9.17, 15) is 13.2 Å². The molecule has 0 spiro atoms. The number of thiophene rings is 1. The summed E-state index contributed by atoms with van der Waals surface area (Å²) in [6, 6.07) is 15.6. The van der Waals surface area contributed by atoms with Crippen molar-refractivity contribution in [3.05, 3.63) is 82.2 Å². The van der Waals surface area contributed by atoms with E-state index in [1.165, 1.54) is 11.1 Å². The number of benzene rings is 2. The number of anilines is 1. The maximum absolute atomic E-state index is 12.5. The predicted octanol–water partition coefficient (Wildman–Crippen LogP) is 4.66. The summed E-state index contributed by atoms with van der Waals surface area (Å²) in [6.07, 6.45) is 0. The van der Waals surface area contributed by atoms with Crippen molar-refractivity contribution in [3.63, 3.8) is 0 Å². The first-order valence-electron chi connectivity index (χ1n) is 8.80. The van der Waals surface area contributed by atoms with Gasteiger partial charge in [0.15, 0.2) is 0 Å². The maximum Gasteiger partial charge on any atom is 0.271 e. The first-order chi connectivity index (χ1) is 13.3. The fourth-order valence-electron chi connectivity index (χ4n) is 2.71. The van der Waals surface area contributed by atoms with Crippen molar-refractivity contribution in [2.75, 3.05) is 4.72 Å². The summed E-state index contributed by atoms with van der Waals surface area (Å²) in [4.78, 5) is 12.5. The Kier molecular flexibility index (Phi) is 5.86. The van der Waals surface area contributed by atoms with E-state index in [1.807, 2.05) is 26.0 Å². The number of amides is 1. The van der Waals surface area contributed by atoms with Crippen molar-refractivity contribution in [1.82, 2.24) is 5.32 Å². The van der Waals surface area contributed by atoms with Gasteiger partial charge in [-0.2, -0.15) is 0 Å². The lowest BCUT2D eigenvalue weighted by molar-refractivity contribution is 0.0940. The molecule has 146 valence electrons. The molecule has 1 aromatic heterocycles. The summed E-state index contributed by atoms with van der Waals surface area (Å²) in [7, 11) is -3.60. The Morgan fingerprint density at radius 1 is 1.00 bits per heavy atom. The molecular formula is C21H22N2O3S2. The monoisotopic (exact) mass is 414 g/mol. The second-order valence-corrected chi connectivity index (χ2v) is 9.51. The second-order valence-electron chi connectivity index (χ2n) is 6.65. The Labute approximate surface area is 169 Å². The molecule has 0 bridgehead atoms. The van der Waals surface area contributed by atoms with Crippen LogP contribution >= 0.6 is 11.3 Å². The molecule has 1 atom stereocenters. The van der Waals surface area contributed by atoms with E-state index in [2.05, 4.69) is 23.0 Å². The van der Waals surface area contributed by atoms with E-state index in [-0.39, 0.29) is 16.2 Å². The number of sulfonamides is 1. The zero-order valence-electron chi connectivity index (χ0n) is 15.9. The molecule has 3 rings (SSSR count). The Balaban J connectivity index is 1.67. The fraction of sp³-hybridized carbons (Fsp3) is 0.190. The summed E-state index contributed by atoms with van der Waals surface area (Å²) in [5, 5.41) is 4.68. The van der Waals surface area contributed by atoms with Gasteiger partial charge in [-0.15, -0.1) is 11.3 Å². The van der Waals surface area contributed by atoms with E-state index >= 15 is 0 Å². The standard InChI is InChI=1S/C21H22N2O3S2/c1-14-6-7-18(13-15(14)2)16(3)22-21(24)17-8-10-19(11-9-17)23-28(25,26)20-5-4-12-27-20/h4-13,16,23H,1-3H3,(H,22,24)/t16-/m1/s1. The fourth-order valence-corrected chi connectivity index (χ4v) is 4.76. The van der Waals surface area contributed by atoms with Gasteiger partial charge < -0.3 is 5.32 Å². The average Bonchev–Trinajstić information content (AvgIpc) is 3.20. The molecule has 7 heteroatoms. The molecule has 5 nitrogen and oxygen atoms in total. The van der Waals surface area contributed by atoms with E-state index in [0.717, 1.165) is 16.9 Å². The van der Waals surface area contributed by atoms with Gasteiger partial charge in [-0.05, 0) is 73.2 Å². The normalized spacial score (nSPS) is 12.4. The van der Waals surface area contributed by atoms with Crippen molar-refractivity contribution >= 4 is 33.0 Å². The number of hydrogen-bond donors (Lipinski definition) is 2. The molecule has 0 aliphatic rings. The molecule has 0 radical (unpaired) electrons. The van der Waals surface area contributed by atoms with Crippen LogP contribution in [0.1, 0.15) is 40.0 Å². The molecule has 28 heavy (non-hydrogen) atoms. The van der Waals surface area contributed by atoms with Gasteiger partial charge in [0, 0.05) is 11.3 Å². The minimum Gasteiger partial charge on any atom is -0.346 e. The van der Waals surface area contributed by atoms with E-state index in [4.69, 9.17) is 0 Å². The van der Waals surface area contributed by atoms with Crippen LogP contribution in [0.3, 0.4) is 0 Å². The predicted molar refractivity (Wildman–Crippen MR) is 113 cm³/mol. The van der Waals surface area contributed by atoms with Crippen molar-refractivity contribution in [1.29, 1.82) is 0 Å². The molecule has 0 unspecified atom stereocenters. The van der Waals surface area contributed by atoms with E-state index in [0.29, 0.717) is 11.3 Å². The lowest BCUT2D eigenvalue weighted by Gasteiger charge is -2.16. The van der Waals surface area contributed by atoms with E-state index in [1.54, 1.807) is 41.8 Å². The Morgan fingerprint density at radius 3 is 2.32 bits per heavy atom. The molecule has 1 heterocycles. The van der Waals surface area contributed by atoms with Crippen LogP contribution in [-0.4, -0.2) is 14.3 Å². The lowest BCUT2D eigenvalue weighted by atomic mass is 10.0. The van der Waals surface area contributed by atoms with Crippen LogP contribution in [0.2, 0.25) is 0 Å². The highest BCUT2D eigenvalue weighted by Gasteiger charge is 2.16. The maximum atomic E-state index is 12.5. The minimum absolute atomic E-state index is 0.135. The molecule has 0 aliphatic carbocycles. The summed E-state index contributed by atoms with van der Waals surface area (Å²) in [5.74, 6) is -0.210. The van der Waals surface area contributed by atoms with Crippen molar-refractivity contribution in [3.8, 4) is 0 Å². The van der Waals surface area contributed by atoms with Crippen molar-refractivity contribution in [2.45, 2.75) is 31.0 Å². The SMILES string of the molecule is Cc1ccc([C@@H](C)NC(=O)c2ccc(NS(=O)(=O)c3cccs3)cc2)cc1C. The first kappa shape index (κ1) is 20.1. The zero-order valence-corrected chi connectivity index (χ0v) is 17.5. The molecule has 0 saturated carbocycles. The molecule has 3 aromatic rings. The second kappa shape index (κ2) is 8.16. The molecule has 0 aliphatic heterocycles. The van der Waals surface area contributed by atoms with Gasteiger partial charge >= 0.3 is 0 Å². The van der Waals surface area contributed by atoms with Gasteiger partial charge in [-0.1, -0.05) is 24.3 Å². The number of hydrogen-bond acceptors (Lipinski definition) is 4. The molecule has 0 saturated heterocycles. The summed E-state index contributed by atoms with van der Waals surface area (Å²) in [6.45, 7) is 6.03. The first-order valence-corrected chi connectivity index (χ1v) is 11.2. The van der Waals surface area contributed by atoms with Gasteiger partial charge in [0.1, 0.15) is 4.21 Å². The van der Waals surface area contributed by atoms with Crippen LogP contribution in [0.15, 0.2) is 64.2 Å². The van der Waals surface area contributed by atoms with Crippen molar-refractivity contribution in [2.24, 2.45) is 0 Å². The third-order valence-corrected chi connectivity index (χ3v) is 7.32. The zero-order chi connectivity index (χ0) is 20.3. The highest BCUT2D eigenvalue weighted by atomic mass is 32.2. The van der Waals surface area contributed by atoms with Gasteiger partial charge in [0.2, 0.25) is 0 Å². The molecule has 2 N–H and O–H groups in total. The van der Waals surface area contributed by atoms with Gasteiger partial charge in [-0.3, -0.25) is 9.52 Å². The van der Waals surface area contributed by atoms with Crippen LogP contribution in [0.5, 0.6) is 0 Å². The van der Waals surface area contributed by atoms with Crippen LogP contribution in [0.25, 0.3) is 0 Å². The lowest BCUT2D eigenvalue weighted by Crippen LogP contribution is -2.26. The largest absolute Gasteiger partial charge is 0.346 e. The average molecular weight is 415 g/mol. The van der Waals surface area contributed by atoms with Gasteiger partial charge in [-0.25, -0.2) is 8.42 Å². The van der Waals surface area contributed by atoms with Gasteiger partial charge in [0.05, 0.1) is 6.04 Å². The van der Waals surface area contributed by atoms with Crippen LogP contribution in [0.4, 0.5) is 5.69 Å². The van der Waals surface area contributed by atoms with Crippen LogP contribution in [-0.2, 0) is 10.0 Å². The summed E-state index contributed by atoms with van der Waals surface area (Å²) < 4.78 is 27.3. The number of carbonyl (C=O) groups is 1. The van der Waals surface area contributed by atoms with Gasteiger partial charge in [0.25, 0.3) is 15.9 Å². The Bertz CT molecular complexity index is 1070. The summed E-state index contributed by atoms with van der Waals surface area (Å²) in [5.41, 5.74) is 4.31. The topological polar surface area (TPSA) is 75.3 Å². The highest BCUT2D eigenvalue weighted by molar-refractivity contribution is 7.94. The van der Waals surface area contributed by atoms with Crippen LogP contribution < -0.4 is 10.0 Å². The number of carbonyl (C=O) groups excluding carboxylic acids is 1. The van der Waals surface area contributed by atoms with Crippen LogP contribution in [0, 0.1) is 13.8 Å². The number of rotatable bonds is 6. The number of nitrogens with one attached hydrogen (secondary N) is 2. The molecule has 0 fully saturated rings. The molecular weight excluding hydrogens is 392 g/mol. The molecule has 2 aromatic carbocycles. The number of aryl methyl sites for hydroxylation is 2. The Morgan fingerprint density at radius 2 is 1.71 bits per heavy atom. The van der Waals surface area contributed by atoms with E-state index < -0.39 is 10.0 Å². The highest BCUT2D eigenvalue weighted by Crippen LogP contribution is 2.21. The molecule has 1 amide bonds. The minimum atomic E-state index is -3.60. The Hall–Kier alpha value is -2.64. The quantitative estimate of drug-likeness (QED) is 0.616.